The molecule has 1 aliphatic heterocycles. The van der Waals surface area contributed by atoms with Gasteiger partial charge in [0.25, 0.3) is 0 Å². The van der Waals surface area contributed by atoms with Gasteiger partial charge in [0.2, 0.25) is 11.8 Å². The van der Waals surface area contributed by atoms with Crippen LogP contribution in [0, 0.1) is 5.82 Å². The summed E-state index contributed by atoms with van der Waals surface area (Å²) in [6.07, 6.45) is 1.93. The van der Waals surface area contributed by atoms with Gasteiger partial charge in [0.05, 0.1) is 6.04 Å². The van der Waals surface area contributed by atoms with Gasteiger partial charge in [0.15, 0.2) is 11.6 Å². The van der Waals surface area contributed by atoms with Crippen LogP contribution in [0.4, 0.5) is 4.39 Å². The number of carbonyl (C=O) groups excluding carboxylic acids is 2. The zero-order valence-electron chi connectivity index (χ0n) is 17.8. The second-order valence-corrected chi connectivity index (χ2v) is 8.53. The van der Waals surface area contributed by atoms with Crippen LogP contribution < -0.4 is 4.74 Å². The molecule has 1 aliphatic rings. The lowest BCUT2D eigenvalue weighted by Gasteiger charge is -2.38. The van der Waals surface area contributed by atoms with E-state index in [0.717, 1.165) is 18.4 Å². The molecule has 0 aliphatic carbocycles. The summed E-state index contributed by atoms with van der Waals surface area (Å²) in [5.41, 5.74) is 1.05. The third-order valence-corrected chi connectivity index (χ3v) is 6.70. The highest BCUT2D eigenvalue weighted by Crippen LogP contribution is 2.34. The quantitative estimate of drug-likeness (QED) is 0.620. The number of benzene rings is 1. The Labute approximate surface area is 181 Å². The third kappa shape index (κ3) is 4.83. The van der Waals surface area contributed by atoms with Gasteiger partial charge < -0.3 is 14.5 Å². The normalized spacial score (nSPS) is 16.7. The molecule has 2 aromatic rings. The van der Waals surface area contributed by atoms with E-state index in [1.54, 1.807) is 39.3 Å². The highest BCUT2D eigenvalue weighted by Gasteiger charge is 2.34. The van der Waals surface area contributed by atoms with Crippen LogP contribution in [-0.2, 0) is 16.0 Å². The lowest BCUT2D eigenvalue weighted by Crippen LogP contribution is -2.49. The highest BCUT2D eigenvalue weighted by atomic mass is 32.1. The molecule has 2 atom stereocenters. The molecule has 0 saturated carbocycles. The molecule has 0 spiro atoms. The second-order valence-electron chi connectivity index (χ2n) is 7.53. The molecule has 30 heavy (non-hydrogen) atoms. The lowest BCUT2D eigenvalue weighted by molar-refractivity contribution is -0.144. The van der Waals surface area contributed by atoms with E-state index in [0.29, 0.717) is 13.0 Å². The number of amides is 2. The second kappa shape index (κ2) is 10.1. The van der Waals surface area contributed by atoms with Crippen LogP contribution in [0.25, 0.3) is 0 Å². The number of thiophene rings is 1. The number of halogens is 1. The Morgan fingerprint density at radius 1 is 1.30 bits per heavy atom. The van der Waals surface area contributed by atoms with Crippen LogP contribution in [0.15, 0.2) is 35.7 Å². The van der Waals surface area contributed by atoms with Crippen molar-refractivity contribution in [1.29, 1.82) is 0 Å². The zero-order valence-corrected chi connectivity index (χ0v) is 18.6. The van der Waals surface area contributed by atoms with Crippen LogP contribution in [0.1, 0.15) is 50.1 Å². The Morgan fingerprint density at radius 3 is 2.77 bits per heavy atom. The number of carbonyl (C=O) groups is 2. The number of ether oxygens (including phenoxy) is 1. The van der Waals surface area contributed by atoms with Crippen molar-refractivity contribution in [1.82, 2.24) is 9.80 Å². The SMILES string of the molecule is CCC(=O)N(CC(=O)N1CCc2sccc2[C@@H]1COc1ccccc1F)[C@@H](C)CC. The number of hydrogen-bond acceptors (Lipinski definition) is 4. The Hall–Kier alpha value is -2.41. The first-order valence-corrected chi connectivity index (χ1v) is 11.4. The van der Waals surface area contributed by atoms with Gasteiger partial charge in [-0.3, -0.25) is 9.59 Å². The van der Waals surface area contributed by atoms with Gasteiger partial charge in [-0.05, 0) is 48.9 Å². The van der Waals surface area contributed by atoms with E-state index in [4.69, 9.17) is 4.74 Å². The van der Waals surface area contributed by atoms with E-state index in [9.17, 15) is 14.0 Å². The minimum absolute atomic E-state index is 0.00369. The van der Waals surface area contributed by atoms with Gasteiger partial charge in [-0.2, -0.15) is 0 Å². The summed E-state index contributed by atoms with van der Waals surface area (Å²) in [4.78, 5) is 30.4. The molecule has 0 fully saturated rings. The molecule has 5 nitrogen and oxygen atoms in total. The maximum absolute atomic E-state index is 14.0. The topological polar surface area (TPSA) is 49.9 Å². The van der Waals surface area contributed by atoms with E-state index in [1.165, 1.54) is 10.9 Å². The first-order chi connectivity index (χ1) is 14.5. The molecule has 7 heteroatoms. The number of nitrogens with zero attached hydrogens (tertiary/aromatic N) is 2. The van der Waals surface area contributed by atoms with Crippen LogP contribution in [0.3, 0.4) is 0 Å². The molecular weight excluding hydrogens is 403 g/mol. The molecule has 2 heterocycles. The number of para-hydroxylation sites is 1. The molecule has 162 valence electrons. The fourth-order valence-electron chi connectivity index (χ4n) is 3.75. The lowest BCUT2D eigenvalue weighted by atomic mass is 10.00. The van der Waals surface area contributed by atoms with Gasteiger partial charge in [-0.25, -0.2) is 4.39 Å². The molecule has 0 N–H and O–H groups in total. The first kappa shape index (κ1) is 22.3. The van der Waals surface area contributed by atoms with Crippen molar-refractivity contribution in [3.8, 4) is 5.75 Å². The minimum atomic E-state index is -0.423. The van der Waals surface area contributed by atoms with Gasteiger partial charge in [0.1, 0.15) is 13.2 Å². The Bertz CT molecular complexity index is 885. The average molecular weight is 433 g/mol. The summed E-state index contributed by atoms with van der Waals surface area (Å²) >= 11 is 1.67. The van der Waals surface area contributed by atoms with Crippen molar-refractivity contribution in [3.63, 3.8) is 0 Å². The molecule has 3 rings (SSSR count). The van der Waals surface area contributed by atoms with Crippen LogP contribution in [-0.4, -0.2) is 47.4 Å². The smallest absolute Gasteiger partial charge is 0.242 e. The summed E-state index contributed by atoms with van der Waals surface area (Å²) in [7, 11) is 0. The van der Waals surface area contributed by atoms with E-state index in [1.807, 2.05) is 32.2 Å². The summed E-state index contributed by atoms with van der Waals surface area (Å²) in [6, 6.07) is 7.98. The molecule has 1 aromatic heterocycles. The molecule has 0 bridgehead atoms. The zero-order chi connectivity index (χ0) is 21.7. The monoisotopic (exact) mass is 432 g/mol. The molecule has 0 saturated heterocycles. The van der Waals surface area contributed by atoms with E-state index in [2.05, 4.69) is 0 Å². The number of fused-ring (bicyclic) bond motifs is 1. The average Bonchev–Trinajstić information content (AvgIpc) is 3.24. The number of hydrogen-bond donors (Lipinski definition) is 0. The largest absolute Gasteiger partial charge is 0.488 e. The fourth-order valence-corrected chi connectivity index (χ4v) is 4.68. The summed E-state index contributed by atoms with van der Waals surface area (Å²) in [6.45, 7) is 6.57. The van der Waals surface area contributed by atoms with E-state index in [-0.39, 0.29) is 42.8 Å². The van der Waals surface area contributed by atoms with Gasteiger partial charge >= 0.3 is 0 Å². The first-order valence-electron chi connectivity index (χ1n) is 10.5. The predicted molar refractivity (Wildman–Crippen MR) is 116 cm³/mol. The Balaban J connectivity index is 1.80. The Kier molecular flexibility index (Phi) is 7.48. The summed E-state index contributed by atoms with van der Waals surface area (Å²) in [5.74, 6) is -0.371. The summed E-state index contributed by atoms with van der Waals surface area (Å²) < 4.78 is 19.8. The van der Waals surface area contributed by atoms with Crippen molar-refractivity contribution in [3.05, 3.63) is 52.0 Å². The van der Waals surface area contributed by atoms with Crippen LogP contribution >= 0.6 is 11.3 Å². The maximum atomic E-state index is 14.0. The number of rotatable bonds is 8. The molecule has 0 unspecified atom stereocenters. The summed E-state index contributed by atoms with van der Waals surface area (Å²) in [5, 5.41) is 2.01. The van der Waals surface area contributed by atoms with Gasteiger partial charge in [-0.15, -0.1) is 11.3 Å². The minimum Gasteiger partial charge on any atom is -0.488 e. The Morgan fingerprint density at radius 2 is 2.07 bits per heavy atom. The maximum Gasteiger partial charge on any atom is 0.242 e. The van der Waals surface area contributed by atoms with Crippen molar-refractivity contribution in [2.75, 3.05) is 19.7 Å². The van der Waals surface area contributed by atoms with Gasteiger partial charge in [0, 0.05) is 23.9 Å². The predicted octanol–water partition coefficient (Wildman–Crippen LogP) is 4.43. The van der Waals surface area contributed by atoms with Crippen LogP contribution in [0.2, 0.25) is 0 Å². The molecule has 2 amide bonds. The molecule has 0 radical (unpaired) electrons. The molecule has 1 aromatic carbocycles. The third-order valence-electron chi connectivity index (χ3n) is 5.70. The van der Waals surface area contributed by atoms with E-state index >= 15 is 0 Å². The van der Waals surface area contributed by atoms with Crippen LogP contribution in [0.5, 0.6) is 5.75 Å². The van der Waals surface area contributed by atoms with Gasteiger partial charge in [-0.1, -0.05) is 26.0 Å². The van der Waals surface area contributed by atoms with E-state index < -0.39 is 5.82 Å². The van der Waals surface area contributed by atoms with Crippen molar-refractivity contribution in [2.45, 2.75) is 52.1 Å². The highest BCUT2D eigenvalue weighted by molar-refractivity contribution is 7.10. The van der Waals surface area contributed by atoms with Crippen molar-refractivity contribution in [2.24, 2.45) is 0 Å². The molecular formula is C23H29FN2O3S. The van der Waals surface area contributed by atoms with Crippen molar-refractivity contribution < 1.29 is 18.7 Å². The van der Waals surface area contributed by atoms with Crippen molar-refractivity contribution >= 4 is 23.2 Å². The fraction of sp³-hybridized carbons (Fsp3) is 0.478. The standard InChI is InChI=1S/C23H29FN2O3S/c1-4-16(3)26(22(27)5-2)14-23(28)25-12-10-21-17(11-13-30-21)19(25)15-29-20-9-7-6-8-18(20)24/h6-9,11,13,16,19H,4-5,10,12,14-15H2,1-3H3/t16-,19-/m0/s1.